The fourth-order valence-electron chi connectivity index (χ4n) is 7.44. The van der Waals surface area contributed by atoms with E-state index in [1.807, 2.05) is 11.8 Å². The topological polar surface area (TPSA) is 17.4 Å². The van der Waals surface area contributed by atoms with Crippen LogP contribution < -0.4 is 26.0 Å². The van der Waals surface area contributed by atoms with Crippen molar-refractivity contribution in [3.8, 4) is 17.2 Å². The van der Waals surface area contributed by atoms with Crippen LogP contribution in [0.25, 0.3) is 27.5 Å². The molecule has 1 aromatic heterocycles. The quantitative estimate of drug-likeness (QED) is 0.184. The highest BCUT2D eigenvalue weighted by molar-refractivity contribution is 7.99. The monoisotopic (exact) mass is 618 g/mol. The SMILES string of the molecule is c1ccc(B2c3ccccc3Oc3cc(N4c5ccccc5Sc5cc6c(cc54)c4ccccc4n6-c4ccccc4)ccc32)cc1. The number of hydrogen-bond acceptors (Lipinski definition) is 3. The number of benzene rings is 7. The van der Waals surface area contributed by atoms with Gasteiger partial charge in [-0.1, -0.05) is 120 Å². The van der Waals surface area contributed by atoms with E-state index in [1.54, 1.807) is 0 Å². The van der Waals surface area contributed by atoms with Crippen LogP contribution in [0.15, 0.2) is 174 Å². The van der Waals surface area contributed by atoms with Crippen molar-refractivity contribution in [2.75, 3.05) is 4.90 Å². The Labute approximate surface area is 277 Å². The summed E-state index contributed by atoms with van der Waals surface area (Å²) in [5.41, 5.74) is 10.6. The van der Waals surface area contributed by atoms with E-state index in [4.69, 9.17) is 4.74 Å². The van der Waals surface area contributed by atoms with E-state index in [2.05, 4.69) is 173 Å². The highest BCUT2D eigenvalue weighted by atomic mass is 32.2. The number of nitrogens with zero attached hydrogens (tertiary/aromatic N) is 2. The van der Waals surface area contributed by atoms with Crippen molar-refractivity contribution in [2.45, 2.75) is 9.79 Å². The summed E-state index contributed by atoms with van der Waals surface area (Å²) in [5.74, 6) is 1.81. The maximum absolute atomic E-state index is 6.68. The fourth-order valence-corrected chi connectivity index (χ4v) is 8.52. The average Bonchev–Trinajstić information content (AvgIpc) is 3.45. The van der Waals surface area contributed by atoms with Crippen molar-refractivity contribution in [1.82, 2.24) is 4.57 Å². The first-order chi connectivity index (χ1) is 23.3. The number of para-hydroxylation sites is 4. The number of hydrogen-bond donors (Lipinski definition) is 0. The van der Waals surface area contributed by atoms with Crippen LogP contribution in [0.2, 0.25) is 0 Å². The summed E-state index contributed by atoms with van der Waals surface area (Å²) in [7, 11) is 0. The molecular formula is C42H27BN2OS. The molecule has 0 saturated heterocycles. The lowest BCUT2D eigenvalue weighted by atomic mass is 9.36. The summed E-state index contributed by atoms with van der Waals surface area (Å²) in [6.07, 6.45) is 0. The molecular weight excluding hydrogens is 591 g/mol. The molecule has 0 aliphatic carbocycles. The fraction of sp³-hybridized carbons (Fsp3) is 0. The maximum Gasteiger partial charge on any atom is 0.250 e. The Balaban J connectivity index is 1.19. The zero-order valence-electron chi connectivity index (χ0n) is 25.4. The maximum atomic E-state index is 6.68. The van der Waals surface area contributed by atoms with Gasteiger partial charge in [-0.15, -0.1) is 0 Å². The second kappa shape index (κ2) is 10.4. The van der Waals surface area contributed by atoms with Crippen molar-refractivity contribution in [3.63, 3.8) is 0 Å². The van der Waals surface area contributed by atoms with Crippen LogP contribution in [0.5, 0.6) is 11.5 Å². The molecule has 5 heteroatoms. The number of fused-ring (bicyclic) bond motifs is 7. The summed E-state index contributed by atoms with van der Waals surface area (Å²) < 4.78 is 9.07. The Morgan fingerprint density at radius 1 is 0.468 bits per heavy atom. The molecule has 0 bridgehead atoms. The standard InChI is InChI=1S/C42H27BN2OS/c1-3-13-28(14-4-1)43-33-18-8-11-21-39(33)46-40-25-30(23-24-34(40)43)45-36-20-10-12-22-41(36)47-42-27-37-32(26-38(42)45)31-17-7-9-19-35(31)44(37)29-15-5-2-6-16-29/h1-27H. The van der Waals surface area contributed by atoms with E-state index >= 15 is 0 Å². The summed E-state index contributed by atoms with van der Waals surface area (Å²) >= 11 is 1.84. The largest absolute Gasteiger partial charge is 0.458 e. The minimum absolute atomic E-state index is 0.102. The third-order valence-corrected chi connectivity index (χ3v) is 10.6. The number of aromatic nitrogens is 1. The highest BCUT2D eigenvalue weighted by Crippen LogP contribution is 2.53. The highest BCUT2D eigenvalue weighted by Gasteiger charge is 2.34. The van der Waals surface area contributed by atoms with Crippen LogP contribution in [0, 0.1) is 0 Å². The third-order valence-electron chi connectivity index (χ3n) is 9.48. The van der Waals surface area contributed by atoms with E-state index in [1.165, 1.54) is 59.4 Å². The Morgan fingerprint density at radius 2 is 1.19 bits per heavy atom. The van der Waals surface area contributed by atoms with Crippen molar-refractivity contribution < 1.29 is 4.74 Å². The summed E-state index contributed by atoms with van der Waals surface area (Å²) in [5, 5.41) is 2.48. The van der Waals surface area contributed by atoms with E-state index in [9.17, 15) is 0 Å². The van der Waals surface area contributed by atoms with E-state index in [-0.39, 0.29) is 6.71 Å². The Kier molecular flexibility index (Phi) is 5.90. The van der Waals surface area contributed by atoms with Crippen molar-refractivity contribution in [2.24, 2.45) is 0 Å². The molecule has 0 radical (unpaired) electrons. The average molecular weight is 619 g/mol. The van der Waals surface area contributed by atoms with Gasteiger partial charge in [0.1, 0.15) is 11.5 Å². The van der Waals surface area contributed by atoms with Crippen LogP contribution >= 0.6 is 11.8 Å². The van der Waals surface area contributed by atoms with Gasteiger partial charge in [0, 0.05) is 38.0 Å². The van der Waals surface area contributed by atoms with Gasteiger partial charge < -0.3 is 14.2 Å². The lowest BCUT2D eigenvalue weighted by molar-refractivity contribution is 0.487. The van der Waals surface area contributed by atoms with E-state index in [0.717, 1.165) is 22.9 Å². The second-order valence-electron chi connectivity index (χ2n) is 12.1. The van der Waals surface area contributed by atoms with Crippen LogP contribution in [0.1, 0.15) is 0 Å². The Bertz CT molecular complexity index is 2490. The minimum Gasteiger partial charge on any atom is -0.458 e. The van der Waals surface area contributed by atoms with E-state index in [0.29, 0.717) is 0 Å². The number of ether oxygens (including phenoxy) is 1. The van der Waals surface area contributed by atoms with Gasteiger partial charge in [-0.05, 0) is 65.5 Å². The zero-order chi connectivity index (χ0) is 30.9. The van der Waals surface area contributed by atoms with Crippen LogP contribution in [-0.4, -0.2) is 11.3 Å². The Hall–Kier alpha value is -5.65. The van der Waals surface area contributed by atoms with Gasteiger partial charge in [0.15, 0.2) is 0 Å². The van der Waals surface area contributed by atoms with Gasteiger partial charge in [0.05, 0.1) is 22.4 Å². The minimum atomic E-state index is 0.102. The smallest absolute Gasteiger partial charge is 0.250 e. The van der Waals surface area contributed by atoms with Gasteiger partial charge in [0.2, 0.25) is 0 Å². The zero-order valence-corrected chi connectivity index (χ0v) is 26.2. The molecule has 0 saturated carbocycles. The van der Waals surface area contributed by atoms with Crippen molar-refractivity contribution in [1.29, 1.82) is 0 Å². The van der Waals surface area contributed by atoms with Gasteiger partial charge in [-0.25, -0.2) is 0 Å². The molecule has 3 nitrogen and oxygen atoms in total. The molecule has 2 aliphatic heterocycles. The van der Waals surface area contributed by atoms with Gasteiger partial charge in [0.25, 0.3) is 6.71 Å². The van der Waals surface area contributed by atoms with Crippen LogP contribution in [0.3, 0.4) is 0 Å². The third kappa shape index (κ3) is 4.10. The molecule has 0 amide bonds. The van der Waals surface area contributed by atoms with E-state index < -0.39 is 0 Å². The normalized spacial score (nSPS) is 13.1. The lowest BCUT2D eigenvalue weighted by Gasteiger charge is -2.34. The summed E-state index contributed by atoms with van der Waals surface area (Å²) in [4.78, 5) is 4.87. The second-order valence-corrected chi connectivity index (χ2v) is 13.2. The molecule has 0 atom stereocenters. The first-order valence-corrected chi connectivity index (χ1v) is 16.8. The van der Waals surface area contributed by atoms with Gasteiger partial charge in [-0.2, -0.15) is 0 Å². The van der Waals surface area contributed by atoms with Crippen molar-refractivity contribution >= 4 is 73.7 Å². The molecule has 3 heterocycles. The molecule has 8 aromatic rings. The molecule has 7 aromatic carbocycles. The first kappa shape index (κ1) is 26.6. The predicted octanol–water partition coefficient (Wildman–Crippen LogP) is 9.34. The number of rotatable bonds is 3. The van der Waals surface area contributed by atoms with Gasteiger partial charge in [-0.3, -0.25) is 0 Å². The van der Waals surface area contributed by atoms with Crippen LogP contribution in [-0.2, 0) is 0 Å². The summed E-state index contributed by atoms with van der Waals surface area (Å²) in [6, 6.07) is 58.8. The van der Waals surface area contributed by atoms with Gasteiger partial charge >= 0.3 is 0 Å². The first-order valence-electron chi connectivity index (χ1n) is 16.0. The molecule has 0 N–H and O–H groups in total. The molecule has 0 unspecified atom stereocenters. The number of anilines is 3. The summed E-state index contributed by atoms with van der Waals surface area (Å²) in [6.45, 7) is 0.102. The lowest BCUT2D eigenvalue weighted by Crippen LogP contribution is -2.54. The molecule has 0 fully saturated rings. The molecule has 10 rings (SSSR count). The molecule has 47 heavy (non-hydrogen) atoms. The predicted molar refractivity (Wildman–Crippen MR) is 197 cm³/mol. The van der Waals surface area contributed by atoms with Crippen LogP contribution in [0.4, 0.5) is 17.1 Å². The van der Waals surface area contributed by atoms with Crippen molar-refractivity contribution in [3.05, 3.63) is 164 Å². The Morgan fingerprint density at radius 3 is 2.09 bits per heavy atom. The molecule has 220 valence electrons. The molecule has 0 spiro atoms. The molecule has 2 aliphatic rings.